The molecule has 2 aromatic carbocycles. The van der Waals surface area contributed by atoms with E-state index in [0.717, 1.165) is 23.9 Å². The average molecular weight is 531 g/mol. The van der Waals surface area contributed by atoms with Gasteiger partial charge in [0.1, 0.15) is 12.2 Å². The maximum absolute atomic E-state index is 12.0. The Balaban J connectivity index is 1.36. The summed E-state index contributed by atoms with van der Waals surface area (Å²) in [5, 5.41) is 30.3. The molecule has 39 heavy (non-hydrogen) atoms. The molecular weight excluding hydrogens is 496 g/mol. The first-order valence-corrected chi connectivity index (χ1v) is 13.5. The van der Waals surface area contributed by atoms with Gasteiger partial charge in [0, 0.05) is 32.1 Å². The molecule has 4 aromatic rings. The van der Waals surface area contributed by atoms with Crippen molar-refractivity contribution >= 4 is 39.6 Å². The molecule has 2 aliphatic rings. The average Bonchev–Trinajstić information content (AvgIpc) is 3.65. The summed E-state index contributed by atoms with van der Waals surface area (Å²) in [7, 11) is 0. The molecule has 1 amide bonds. The molecule has 6 rings (SSSR count). The largest absolute Gasteiger partial charge is 0.388 e. The van der Waals surface area contributed by atoms with Crippen molar-refractivity contribution in [2.24, 2.45) is 5.73 Å². The second kappa shape index (κ2) is 10.4. The van der Waals surface area contributed by atoms with E-state index in [1.165, 1.54) is 5.39 Å². The van der Waals surface area contributed by atoms with E-state index in [9.17, 15) is 15.0 Å². The number of rotatable bonds is 7. The first-order chi connectivity index (χ1) is 18.9. The lowest BCUT2D eigenvalue weighted by molar-refractivity contribution is -0.122. The van der Waals surface area contributed by atoms with Crippen molar-refractivity contribution in [3.05, 3.63) is 54.4 Å². The Morgan fingerprint density at radius 1 is 1.13 bits per heavy atom. The van der Waals surface area contributed by atoms with Crippen LogP contribution in [0.1, 0.15) is 37.8 Å². The number of carbonyl (C=O) groups excluding carboxylic acids is 1. The fourth-order valence-electron chi connectivity index (χ4n) is 5.74. The number of fused-ring (bicyclic) bond motifs is 2. The number of hydrogen-bond donors (Lipinski definition) is 5. The minimum Gasteiger partial charge on any atom is -0.388 e. The van der Waals surface area contributed by atoms with Crippen LogP contribution in [0.2, 0.25) is 0 Å². The van der Waals surface area contributed by atoms with E-state index >= 15 is 0 Å². The predicted molar refractivity (Wildman–Crippen MR) is 149 cm³/mol. The molecule has 1 aliphatic heterocycles. The third-order valence-corrected chi connectivity index (χ3v) is 7.92. The van der Waals surface area contributed by atoms with Crippen LogP contribution in [0, 0.1) is 0 Å². The van der Waals surface area contributed by atoms with E-state index in [1.807, 2.05) is 18.2 Å². The molecule has 11 heteroatoms. The summed E-state index contributed by atoms with van der Waals surface area (Å²) in [6, 6.07) is 13.5. The zero-order chi connectivity index (χ0) is 27.1. The van der Waals surface area contributed by atoms with Gasteiger partial charge in [0.2, 0.25) is 11.9 Å². The summed E-state index contributed by atoms with van der Waals surface area (Å²) in [5.74, 6) is 0.963. The van der Waals surface area contributed by atoms with Gasteiger partial charge in [-0.3, -0.25) is 4.79 Å². The Bertz CT molecular complexity index is 1500. The number of nitrogens with one attached hydrogen (secondary N) is 2. The molecule has 0 radical (unpaired) electrons. The highest BCUT2D eigenvalue weighted by atomic mass is 16.3. The van der Waals surface area contributed by atoms with Crippen molar-refractivity contribution in [1.82, 2.24) is 24.8 Å². The topological polar surface area (TPSA) is 154 Å². The smallest absolute Gasteiger partial charge is 0.229 e. The van der Waals surface area contributed by atoms with Crippen LogP contribution >= 0.6 is 0 Å². The molecule has 11 nitrogen and oxygen atoms in total. The van der Waals surface area contributed by atoms with Crippen molar-refractivity contribution in [3.8, 4) is 0 Å². The van der Waals surface area contributed by atoms with Crippen LogP contribution in [0.25, 0.3) is 21.9 Å². The number of nitrogens with zero attached hydrogens (tertiary/aromatic N) is 5. The van der Waals surface area contributed by atoms with Crippen molar-refractivity contribution in [3.63, 3.8) is 0 Å². The van der Waals surface area contributed by atoms with E-state index in [0.29, 0.717) is 48.9 Å². The first kappa shape index (κ1) is 25.5. The lowest BCUT2D eigenvalue weighted by Crippen LogP contribution is -2.42. The Morgan fingerprint density at radius 3 is 2.74 bits per heavy atom. The maximum atomic E-state index is 12.0. The molecule has 1 saturated heterocycles. The van der Waals surface area contributed by atoms with Gasteiger partial charge in [0.05, 0.1) is 18.4 Å². The Hall–Kier alpha value is -3.80. The molecule has 1 aliphatic carbocycles. The second-order valence-corrected chi connectivity index (χ2v) is 10.5. The van der Waals surface area contributed by atoms with Gasteiger partial charge < -0.3 is 36.0 Å². The highest BCUT2D eigenvalue weighted by Crippen LogP contribution is 2.35. The minimum atomic E-state index is -1.09. The highest BCUT2D eigenvalue weighted by molar-refractivity contribution is 5.87. The SMILES string of the molecule is CCC(=O)N[C@H]1CC(n2cnc3c(NCc4cccc5ccccc45)nc(N4CC[C@@H](N)C4)nc32)[C@H](O)[C@@H]1O. The summed E-state index contributed by atoms with van der Waals surface area (Å²) in [6.45, 7) is 3.69. The third kappa shape index (κ3) is 4.77. The predicted octanol–water partition coefficient (Wildman–Crippen LogP) is 1.69. The van der Waals surface area contributed by atoms with Crippen LogP contribution in [0.5, 0.6) is 0 Å². The number of aliphatic hydroxyl groups is 2. The minimum absolute atomic E-state index is 0.0519. The number of hydrogen-bond acceptors (Lipinski definition) is 9. The van der Waals surface area contributed by atoms with Crippen molar-refractivity contribution < 1.29 is 15.0 Å². The zero-order valence-electron chi connectivity index (χ0n) is 21.9. The Kier molecular flexibility index (Phi) is 6.79. The number of aromatic nitrogens is 4. The van der Waals surface area contributed by atoms with Crippen LogP contribution in [-0.4, -0.2) is 73.0 Å². The summed E-state index contributed by atoms with van der Waals surface area (Å²) >= 11 is 0. The molecule has 2 fully saturated rings. The van der Waals surface area contributed by atoms with Gasteiger partial charge in [-0.15, -0.1) is 0 Å². The summed E-state index contributed by atoms with van der Waals surface area (Å²) in [5.41, 5.74) is 8.45. The normalized spacial score (nSPS) is 25.0. The maximum Gasteiger partial charge on any atom is 0.229 e. The molecule has 5 atom stereocenters. The molecule has 1 unspecified atom stereocenters. The third-order valence-electron chi connectivity index (χ3n) is 7.92. The molecule has 204 valence electrons. The zero-order valence-corrected chi connectivity index (χ0v) is 21.9. The number of amides is 1. The van der Waals surface area contributed by atoms with Crippen LogP contribution < -0.4 is 21.3 Å². The van der Waals surface area contributed by atoms with E-state index in [1.54, 1.807) is 17.8 Å². The number of nitrogens with two attached hydrogens (primary N) is 1. The van der Waals surface area contributed by atoms with Crippen LogP contribution in [0.15, 0.2) is 48.8 Å². The fourth-order valence-corrected chi connectivity index (χ4v) is 5.74. The molecule has 0 spiro atoms. The summed E-state index contributed by atoms with van der Waals surface area (Å²) < 4.78 is 1.80. The van der Waals surface area contributed by atoms with E-state index in [2.05, 4.69) is 44.8 Å². The van der Waals surface area contributed by atoms with E-state index in [4.69, 9.17) is 15.7 Å². The lowest BCUT2D eigenvalue weighted by Gasteiger charge is -2.20. The molecule has 6 N–H and O–H groups in total. The number of aliphatic hydroxyl groups excluding tert-OH is 2. The van der Waals surface area contributed by atoms with Gasteiger partial charge in [-0.1, -0.05) is 49.4 Å². The number of benzene rings is 2. The van der Waals surface area contributed by atoms with E-state index in [-0.39, 0.29) is 11.9 Å². The summed E-state index contributed by atoms with van der Waals surface area (Å²) in [6.07, 6.45) is 0.961. The Labute approximate surface area is 226 Å². The Morgan fingerprint density at radius 2 is 1.95 bits per heavy atom. The van der Waals surface area contributed by atoms with Crippen molar-refractivity contribution in [2.75, 3.05) is 23.3 Å². The number of carbonyl (C=O) groups is 1. The van der Waals surface area contributed by atoms with Gasteiger partial charge in [0.25, 0.3) is 0 Å². The standard InChI is InChI=1S/C28H34N8O3/c1-2-22(37)32-20-12-21(25(39)24(20)38)36-15-31-23-26(33-28(34-27(23)36)35-11-10-18(29)14-35)30-13-17-8-5-7-16-6-3-4-9-19(16)17/h3-9,15,18,20-21,24-25,38-39H,2,10-14,29H2,1H3,(H,32,37)(H,30,33,34)/t18-,20+,21?,24-,25+/m1/s1. The van der Waals surface area contributed by atoms with Crippen LogP contribution in [0.3, 0.4) is 0 Å². The van der Waals surface area contributed by atoms with Gasteiger partial charge in [-0.25, -0.2) is 4.98 Å². The number of imidazole rings is 1. The quantitative estimate of drug-likeness (QED) is 0.240. The second-order valence-electron chi connectivity index (χ2n) is 10.5. The molecule has 1 saturated carbocycles. The van der Waals surface area contributed by atoms with Gasteiger partial charge >= 0.3 is 0 Å². The van der Waals surface area contributed by atoms with E-state index < -0.39 is 24.3 Å². The molecule has 2 aromatic heterocycles. The van der Waals surface area contributed by atoms with Crippen LogP contribution in [0.4, 0.5) is 11.8 Å². The van der Waals surface area contributed by atoms with Gasteiger partial charge in [-0.2, -0.15) is 9.97 Å². The molecule has 0 bridgehead atoms. The van der Waals surface area contributed by atoms with Crippen molar-refractivity contribution in [2.45, 2.75) is 63.1 Å². The summed E-state index contributed by atoms with van der Waals surface area (Å²) in [4.78, 5) is 28.4. The fraction of sp³-hybridized carbons (Fsp3) is 0.429. The monoisotopic (exact) mass is 530 g/mol. The number of anilines is 2. The lowest BCUT2D eigenvalue weighted by atomic mass is 10.0. The van der Waals surface area contributed by atoms with Crippen molar-refractivity contribution in [1.29, 1.82) is 0 Å². The molecule has 3 heterocycles. The van der Waals surface area contributed by atoms with Gasteiger partial charge in [0.15, 0.2) is 17.0 Å². The van der Waals surface area contributed by atoms with Gasteiger partial charge in [-0.05, 0) is 29.2 Å². The van der Waals surface area contributed by atoms with Crippen LogP contribution in [-0.2, 0) is 11.3 Å². The molecular formula is C28H34N8O3. The highest BCUT2D eigenvalue weighted by Gasteiger charge is 2.43. The first-order valence-electron chi connectivity index (χ1n) is 13.5.